The Hall–Kier alpha value is -2.37. The average molecular weight is 246 g/mol. The summed E-state index contributed by atoms with van der Waals surface area (Å²) >= 11 is 0. The van der Waals surface area contributed by atoms with Crippen LogP contribution in [0.5, 0.6) is 5.88 Å². The molecule has 0 aliphatic heterocycles. The zero-order chi connectivity index (χ0) is 12.8. The van der Waals surface area contributed by atoms with Gasteiger partial charge in [-0.25, -0.2) is 4.98 Å². The number of aryl methyl sites for hydroxylation is 1. The van der Waals surface area contributed by atoms with Gasteiger partial charge in [-0.15, -0.1) is 0 Å². The maximum atomic E-state index is 11.2. The van der Waals surface area contributed by atoms with Crippen LogP contribution in [0, 0.1) is 0 Å². The summed E-state index contributed by atoms with van der Waals surface area (Å²) in [5, 5.41) is 0. The topological polar surface area (TPSA) is 93.9 Å². The lowest BCUT2D eigenvalue weighted by Crippen LogP contribution is -2.15. The standard InChI is InChI=1S/C12H14N4O2/c13-10-11(17)15-8-16-12(10)18-7-1-2-9-3-5-14-6-4-9/h3-6,8H,1-2,7,13H2,(H,15,16,17). The molecule has 0 fully saturated rings. The molecular weight excluding hydrogens is 232 g/mol. The third-order valence-corrected chi connectivity index (χ3v) is 2.45. The number of aromatic nitrogens is 3. The second kappa shape index (κ2) is 5.81. The number of rotatable bonds is 5. The van der Waals surface area contributed by atoms with Crippen molar-refractivity contribution in [2.75, 3.05) is 12.3 Å². The molecule has 0 aliphatic carbocycles. The van der Waals surface area contributed by atoms with Crippen LogP contribution in [0.25, 0.3) is 0 Å². The first-order valence-corrected chi connectivity index (χ1v) is 5.62. The van der Waals surface area contributed by atoms with Crippen molar-refractivity contribution in [1.29, 1.82) is 0 Å². The van der Waals surface area contributed by atoms with Crippen molar-refractivity contribution in [2.24, 2.45) is 0 Å². The van der Waals surface area contributed by atoms with Gasteiger partial charge in [0.25, 0.3) is 5.56 Å². The molecule has 2 aromatic heterocycles. The Kier molecular flexibility index (Phi) is 3.90. The number of H-pyrrole nitrogens is 1. The van der Waals surface area contributed by atoms with E-state index in [2.05, 4.69) is 15.0 Å². The predicted molar refractivity (Wildman–Crippen MR) is 67.3 cm³/mol. The molecule has 0 saturated heterocycles. The summed E-state index contributed by atoms with van der Waals surface area (Å²) in [6.45, 7) is 0.461. The van der Waals surface area contributed by atoms with Gasteiger partial charge in [0.05, 0.1) is 12.9 Å². The molecule has 2 rings (SSSR count). The molecular formula is C12H14N4O2. The van der Waals surface area contributed by atoms with E-state index >= 15 is 0 Å². The Morgan fingerprint density at radius 3 is 2.89 bits per heavy atom. The van der Waals surface area contributed by atoms with Crippen LogP contribution in [0.4, 0.5) is 5.69 Å². The molecule has 0 radical (unpaired) electrons. The van der Waals surface area contributed by atoms with E-state index in [4.69, 9.17) is 10.5 Å². The lowest BCUT2D eigenvalue weighted by Gasteiger charge is -2.06. The number of nitrogens with two attached hydrogens (primary N) is 1. The van der Waals surface area contributed by atoms with E-state index in [-0.39, 0.29) is 17.1 Å². The fourth-order valence-electron chi connectivity index (χ4n) is 1.50. The Morgan fingerprint density at radius 2 is 2.11 bits per heavy atom. The van der Waals surface area contributed by atoms with Crippen molar-refractivity contribution in [1.82, 2.24) is 15.0 Å². The van der Waals surface area contributed by atoms with Crippen LogP contribution in [0.1, 0.15) is 12.0 Å². The van der Waals surface area contributed by atoms with E-state index in [0.29, 0.717) is 6.61 Å². The second-order valence-electron chi connectivity index (χ2n) is 3.76. The first-order valence-electron chi connectivity index (χ1n) is 5.62. The minimum Gasteiger partial charge on any atom is -0.476 e. The third-order valence-electron chi connectivity index (χ3n) is 2.45. The molecule has 0 spiro atoms. The molecule has 2 heterocycles. The van der Waals surface area contributed by atoms with Gasteiger partial charge in [0, 0.05) is 12.4 Å². The lowest BCUT2D eigenvalue weighted by molar-refractivity contribution is 0.300. The van der Waals surface area contributed by atoms with Crippen molar-refractivity contribution < 1.29 is 4.74 Å². The van der Waals surface area contributed by atoms with E-state index < -0.39 is 0 Å². The van der Waals surface area contributed by atoms with Crippen molar-refractivity contribution in [3.63, 3.8) is 0 Å². The molecule has 18 heavy (non-hydrogen) atoms. The van der Waals surface area contributed by atoms with Crippen LogP contribution < -0.4 is 16.0 Å². The second-order valence-corrected chi connectivity index (χ2v) is 3.76. The van der Waals surface area contributed by atoms with Crippen molar-refractivity contribution >= 4 is 5.69 Å². The minimum absolute atomic E-state index is 0.0152. The number of nitrogen functional groups attached to an aromatic ring is 1. The fraction of sp³-hybridized carbons (Fsp3) is 0.250. The summed E-state index contributed by atoms with van der Waals surface area (Å²) in [6, 6.07) is 3.92. The molecule has 3 N–H and O–H groups in total. The molecule has 0 atom stereocenters. The number of hydrogen-bond donors (Lipinski definition) is 2. The Morgan fingerprint density at radius 1 is 1.33 bits per heavy atom. The van der Waals surface area contributed by atoms with Crippen molar-refractivity contribution in [2.45, 2.75) is 12.8 Å². The summed E-state index contributed by atoms with van der Waals surface area (Å²) in [5.74, 6) is 0.188. The first-order chi connectivity index (χ1) is 8.77. The van der Waals surface area contributed by atoms with Gasteiger partial charge in [-0.3, -0.25) is 9.78 Å². The van der Waals surface area contributed by atoms with Crippen molar-refractivity contribution in [3.8, 4) is 5.88 Å². The number of nitrogens with zero attached hydrogens (tertiary/aromatic N) is 2. The molecule has 0 saturated carbocycles. The summed E-state index contributed by atoms with van der Waals surface area (Å²) in [5.41, 5.74) is 6.37. The van der Waals surface area contributed by atoms with E-state index in [1.807, 2.05) is 12.1 Å². The van der Waals surface area contributed by atoms with Crippen LogP contribution in [0.15, 0.2) is 35.6 Å². The Bertz CT molecular complexity index is 554. The molecule has 2 aromatic rings. The first kappa shape index (κ1) is 12.1. The van der Waals surface area contributed by atoms with Gasteiger partial charge in [0.15, 0.2) is 5.69 Å². The lowest BCUT2D eigenvalue weighted by atomic mass is 10.1. The van der Waals surface area contributed by atoms with Gasteiger partial charge in [-0.2, -0.15) is 0 Å². The number of ether oxygens (including phenoxy) is 1. The van der Waals surface area contributed by atoms with Gasteiger partial charge >= 0.3 is 0 Å². The molecule has 6 nitrogen and oxygen atoms in total. The van der Waals surface area contributed by atoms with Gasteiger partial charge in [0.1, 0.15) is 0 Å². The van der Waals surface area contributed by atoms with E-state index in [1.54, 1.807) is 12.4 Å². The van der Waals surface area contributed by atoms with Gasteiger partial charge in [-0.1, -0.05) is 0 Å². The zero-order valence-electron chi connectivity index (χ0n) is 9.80. The molecule has 94 valence electrons. The fourth-order valence-corrected chi connectivity index (χ4v) is 1.50. The molecule has 0 amide bonds. The highest BCUT2D eigenvalue weighted by molar-refractivity contribution is 5.44. The predicted octanol–water partition coefficient (Wildman–Crippen LogP) is 0.759. The molecule has 0 bridgehead atoms. The summed E-state index contributed by atoms with van der Waals surface area (Å²) < 4.78 is 5.37. The van der Waals surface area contributed by atoms with Crippen LogP contribution in [0.2, 0.25) is 0 Å². The van der Waals surface area contributed by atoms with E-state index in [1.165, 1.54) is 11.9 Å². The van der Waals surface area contributed by atoms with Crippen LogP contribution >= 0.6 is 0 Å². The summed E-state index contributed by atoms with van der Waals surface area (Å²) in [6.07, 6.45) is 6.49. The largest absolute Gasteiger partial charge is 0.476 e. The summed E-state index contributed by atoms with van der Waals surface area (Å²) in [7, 11) is 0. The van der Waals surface area contributed by atoms with Gasteiger partial charge in [-0.05, 0) is 30.5 Å². The highest BCUT2D eigenvalue weighted by atomic mass is 16.5. The highest BCUT2D eigenvalue weighted by Gasteiger charge is 2.04. The summed E-state index contributed by atoms with van der Waals surface area (Å²) in [4.78, 5) is 21.4. The molecule has 6 heteroatoms. The van der Waals surface area contributed by atoms with Crippen LogP contribution in [0.3, 0.4) is 0 Å². The highest BCUT2D eigenvalue weighted by Crippen LogP contribution is 2.11. The van der Waals surface area contributed by atoms with E-state index in [9.17, 15) is 4.79 Å². The minimum atomic E-state index is -0.380. The number of aromatic amines is 1. The number of hydrogen-bond acceptors (Lipinski definition) is 5. The smallest absolute Gasteiger partial charge is 0.277 e. The molecule has 0 unspecified atom stereocenters. The Balaban J connectivity index is 1.82. The number of anilines is 1. The monoisotopic (exact) mass is 246 g/mol. The molecule has 0 aromatic carbocycles. The zero-order valence-corrected chi connectivity index (χ0v) is 9.80. The van der Waals surface area contributed by atoms with Crippen molar-refractivity contribution in [3.05, 3.63) is 46.8 Å². The Labute approximate surface area is 104 Å². The van der Waals surface area contributed by atoms with Crippen LogP contribution in [-0.2, 0) is 6.42 Å². The SMILES string of the molecule is Nc1c(OCCCc2ccncc2)nc[nH]c1=O. The number of nitrogens with one attached hydrogen (secondary N) is 1. The van der Waals surface area contributed by atoms with Gasteiger partial charge < -0.3 is 15.5 Å². The average Bonchev–Trinajstić information content (AvgIpc) is 2.40. The third kappa shape index (κ3) is 3.07. The van der Waals surface area contributed by atoms with E-state index in [0.717, 1.165) is 12.8 Å². The number of pyridine rings is 1. The maximum absolute atomic E-state index is 11.2. The normalized spacial score (nSPS) is 10.2. The van der Waals surface area contributed by atoms with Gasteiger partial charge in [0.2, 0.25) is 5.88 Å². The quantitative estimate of drug-likeness (QED) is 0.759. The maximum Gasteiger partial charge on any atom is 0.277 e. The molecule has 0 aliphatic rings. The van der Waals surface area contributed by atoms with Crippen LogP contribution in [-0.4, -0.2) is 21.6 Å².